The quantitative estimate of drug-likeness (QED) is 0.458. The Morgan fingerprint density at radius 2 is 1.32 bits per heavy atom. The molecule has 3 heteroatoms. The fourth-order valence-electron chi connectivity index (χ4n) is 4.08. The predicted octanol–water partition coefficient (Wildman–Crippen LogP) is 6.45. The van der Waals surface area contributed by atoms with Crippen LogP contribution in [0.15, 0.2) is 60.7 Å². The highest BCUT2D eigenvalue weighted by atomic mass is 16.5. The van der Waals surface area contributed by atoms with Gasteiger partial charge in [0.1, 0.15) is 0 Å². The molecule has 0 amide bonds. The maximum Gasteiger partial charge on any atom is 0.0720 e. The fraction of sp³-hybridized carbons (Fsp3) is 0.393. The maximum atomic E-state index is 5.99. The monoisotopic (exact) mass is 415 g/mol. The SMILES string of the molecule is Cc1ccc(-c2ccc3nc2CCCCOCc2ccccc2COCCCC3)cc1. The Balaban J connectivity index is 1.48. The Bertz CT molecular complexity index is 965. The lowest BCUT2D eigenvalue weighted by Crippen LogP contribution is -2.02. The molecule has 0 spiro atoms. The molecule has 3 aromatic rings. The predicted molar refractivity (Wildman–Crippen MR) is 126 cm³/mol. The van der Waals surface area contributed by atoms with Gasteiger partial charge in [-0.3, -0.25) is 4.98 Å². The lowest BCUT2D eigenvalue weighted by Gasteiger charge is -2.12. The third-order valence-electron chi connectivity index (χ3n) is 5.95. The van der Waals surface area contributed by atoms with Gasteiger partial charge in [0.2, 0.25) is 0 Å². The second-order valence-electron chi connectivity index (χ2n) is 8.45. The van der Waals surface area contributed by atoms with Crippen molar-refractivity contribution in [3.05, 3.63) is 88.7 Å². The molecule has 3 nitrogen and oxygen atoms in total. The van der Waals surface area contributed by atoms with Crippen LogP contribution < -0.4 is 0 Å². The van der Waals surface area contributed by atoms with E-state index in [0.717, 1.165) is 51.7 Å². The van der Waals surface area contributed by atoms with Gasteiger partial charge in [-0.2, -0.15) is 0 Å². The Labute approximate surface area is 186 Å². The van der Waals surface area contributed by atoms with E-state index in [1.807, 2.05) is 0 Å². The zero-order valence-electron chi connectivity index (χ0n) is 18.6. The van der Waals surface area contributed by atoms with Gasteiger partial charge in [-0.15, -0.1) is 0 Å². The third kappa shape index (κ3) is 6.25. The third-order valence-corrected chi connectivity index (χ3v) is 5.95. The smallest absolute Gasteiger partial charge is 0.0720 e. The highest BCUT2D eigenvalue weighted by molar-refractivity contribution is 5.66. The van der Waals surface area contributed by atoms with Gasteiger partial charge in [0, 0.05) is 30.2 Å². The van der Waals surface area contributed by atoms with Gasteiger partial charge in [0.15, 0.2) is 0 Å². The number of hydrogen-bond acceptors (Lipinski definition) is 3. The van der Waals surface area contributed by atoms with E-state index in [0.29, 0.717) is 13.2 Å². The molecule has 0 N–H and O–H groups in total. The molecule has 0 saturated carbocycles. The number of fused-ring (bicyclic) bond motifs is 3. The topological polar surface area (TPSA) is 31.4 Å². The minimum absolute atomic E-state index is 0.655. The van der Waals surface area contributed by atoms with Crippen molar-refractivity contribution in [2.75, 3.05) is 13.2 Å². The Morgan fingerprint density at radius 3 is 2.00 bits per heavy atom. The van der Waals surface area contributed by atoms with Crippen LogP contribution in [0.25, 0.3) is 11.1 Å². The number of nitrogens with zero attached hydrogens (tertiary/aromatic N) is 1. The van der Waals surface area contributed by atoms with Crippen LogP contribution in [0.3, 0.4) is 0 Å². The van der Waals surface area contributed by atoms with Gasteiger partial charge in [-0.25, -0.2) is 0 Å². The minimum atomic E-state index is 0.655. The molecule has 31 heavy (non-hydrogen) atoms. The summed E-state index contributed by atoms with van der Waals surface area (Å²) in [6.45, 7) is 5.00. The molecule has 0 aliphatic carbocycles. The van der Waals surface area contributed by atoms with Crippen LogP contribution in [0.5, 0.6) is 0 Å². The molecule has 162 valence electrons. The summed E-state index contributed by atoms with van der Waals surface area (Å²) in [7, 11) is 0. The maximum absolute atomic E-state index is 5.99. The van der Waals surface area contributed by atoms with E-state index in [9.17, 15) is 0 Å². The summed E-state index contributed by atoms with van der Waals surface area (Å²) >= 11 is 0. The van der Waals surface area contributed by atoms with Crippen molar-refractivity contribution in [1.82, 2.24) is 4.98 Å². The summed E-state index contributed by atoms with van der Waals surface area (Å²) in [6.07, 6.45) is 6.26. The van der Waals surface area contributed by atoms with Crippen LogP contribution in [0, 0.1) is 6.92 Å². The van der Waals surface area contributed by atoms with E-state index in [1.54, 1.807) is 0 Å². The van der Waals surface area contributed by atoms with E-state index < -0.39 is 0 Å². The van der Waals surface area contributed by atoms with E-state index >= 15 is 0 Å². The molecule has 2 aromatic carbocycles. The number of pyridine rings is 1. The van der Waals surface area contributed by atoms with Crippen molar-refractivity contribution in [2.24, 2.45) is 0 Å². The average Bonchev–Trinajstić information content (AvgIpc) is 2.80. The van der Waals surface area contributed by atoms with Crippen LogP contribution in [-0.2, 0) is 35.5 Å². The second-order valence-corrected chi connectivity index (χ2v) is 8.45. The average molecular weight is 416 g/mol. The number of rotatable bonds is 1. The van der Waals surface area contributed by atoms with Crippen LogP contribution in [0.2, 0.25) is 0 Å². The molecule has 4 rings (SSSR count). The van der Waals surface area contributed by atoms with Crippen molar-refractivity contribution in [2.45, 2.75) is 58.7 Å². The summed E-state index contributed by atoms with van der Waals surface area (Å²) in [6, 6.07) is 21.7. The van der Waals surface area contributed by atoms with Crippen molar-refractivity contribution in [3.8, 4) is 11.1 Å². The number of benzene rings is 2. The molecule has 0 radical (unpaired) electrons. The van der Waals surface area contributed by atoms with Gasteiger partial charge < -0.3 is 9.47 Å². The first-order valence-electron chi connectivity index (χ1n) is 11.6. The number of ether oxygens (including phenoxy) is 2. The standard InChI is InChI=1S/C28H33NO2/c1-22-12-14-23(15-13-22)27-17-16-26-10-4-6-18-30-20-24-8-2-3-9-25(24)21-31-19-7-5-11-28(27)29-26/h2-3,8-9,12-17H,4-7,10-11,18-21H2,1H3. The number of aryl methyl sites for hydroxylation is 3. The van der Waals surface area contributed by atoms with Gasteiger partial charge in [0.05, 0.1) is 13.2 Å². The van der Waals surface area contributed by atoms with Crippen LogP contribution in [0.1, 0.15) is 53.8 Å². The van der Waals surface area contributed by atoms with Crippen LogP contribution in [0.4, 0.5) is 0 Å². The van der Waals surface area contributed by atoms with E-state index in [-0.39, 0.29) is 0 Å². The zero-order chi connectivity index (χ0) is 21.3. The van der Waals surface area contributed by atoms with Crippen LogP contribution >= 0.6 is 0 Å². The molecule has 2 bridgehead atoms. The van der Waals surface area contributed by atoms with E-state index in [1.165, 1.54) is 39.2 Å². The lowest BCUT2D eigenvalue weighted by molar-refractivity contribution is 0.104. The molecular weight excluding hydrogens is 382 g/mol. The molecule has 0 saturated heterocycles. The second kappa shape index (κ2) is 11.2. The molecule has 0 atom stereocenters. The van der Waals surface area contributed by atoms with Crippen LogP contribution in [-0.4, -0.2) is 18.2 Å². The van der Waals surface area contributed by atoms with Gasteiger partial charge in [-0.05, 0) is 68.2 Å². The fourth-order valence-corrected chi connectivity index (χ4v) is 4.08. The van der Waals surface area contributed by atoms with Gasteiger partial charge >= 0.3 is 0 Å². The number of hydrogen-bond donors (Lipinski definition) is 0. The number of aromatic nitrogens is 1. The zero-order valence-corrected chi connectivity index (χ0v) is 18.6. The highest BCUT2D eigenvalue weighted by Gasteiger charge is 2.10. The first-order valence-corrected chi connectivity index (χ1v) is 11.6. The summed E-state index contributed by atoms with van der Waals surface area (Å²) < 4.78 is 11.9. The molecule has 0 fully saturated rings. The normalized spacial score (nSPS) is 16.3. The van der Waals surface area contributed by atoms with E-state index in [4.69, 9.17) is 14.5 Å². The molecule has 2 heterocycles. The Morgan fingerprint density at radius 1 is 0.677 bits per heavy atom. The Kier molecular flexibility index (Phi) is 7.87. The summed E-state index contributed by atoms with van der Waals surface area (Å²) in [5.41, 5.74) is 8.69. The summed E-state index contributed by atoms with van der Waals surface area (Å²) in [4.78, 5) is 5.07. The molecule has 1 aliphatic heterocycles. The van der Waals surface area contributed by atoms with Crippen molar-refractivity contribution >= 4 is 0 Å². The van der Waals surface area contributed by atoms with Gasteiger partial charge in [0.25, 0.3) is 0 Å². The largest absolute Gasteiger partial charge is 0.377 e. The highest BCUT2D eigenvalue weighted by Crippen LogP contribution is 2.25. The lowest BCUT2D eigenvalue weighted by atomic mass is 9.98. The minimum Gasteiger partial charge on any atom is -0.377 e. The van der Waals surface area contributed by atoms with Gasteiger partial charge in [-0.1, -0.05) is 60.2 Å². The summed E-state index contributed by atoms with van der Waals surface area (Å²) in [5.74, 6) is 0. The van der Waals surface area contributed by atoms with E-state index in [2.05, 4.69) is 67.6 Å². The first kappa shape index (κ1) is 21.7. The summed E-state index contributed by atoms with van der Waals surface area (Å²) in [5, 5.41) is 0. The molecule has 0 unspecified atom stereocenters. The van der Waals surface area contributed by atoms with Crippen molar-refractivity contribution in [3.63, 3.8) is 0 Å². The molecule has 1 aromatic heterocycles. The molecule has 1 aliphatic rings. The van der Waals surface area contributed by atoms with Crippen molar-refractivity contribution in [1.29, 1.82) is 0 Å². The molecular formula is C28H33NO2. The van der Waals surface area contributed by atoms with Crippen molar-refractivity contribution < 1.29 is 9.47 Å². The Hall–Kier alpha value is -2.49. The first-order chi connectivity index (χ1) is 15.3.